The number of nitrogens with zero attached hydrogens (tertiary/aromatic N) is 3. The van der Waals surface area contributed by atoms with Crippen LogP contribution in [0.15, 0.2) is 65.2 Å². The Balaban J connectivity index is 1.49. The Morgan fingerprint density at radius 2 is 2.00 bits per heavy atom. The average molecular weight is 502 g/mol. The van der Waals surface area contributed by atoms with E-state index in [1.165, 1.54) is 0 Å². The molecule has 3 aromatic rings. The number of hydrogen-bond donors (Lipinski definition) is 3. The first-order valence-electron chi connectivity index (χ1n) is 11.9. The first-order chi connectivity index (χ1) is 17.1. The minimum Gasteiger partial charge on any atom is -0.503 e. The third-order valence-corrected chi connectivity index (χ3v) is 6.53. The van der Waals surface area contributed by atoms with Crippen molar-refractivity contribution in [3.63, 3.8) is 0 Å². The van der Waals surface area contributed by atoms with Gasteiger partial charge in [0.2, 0.25) is 0 Å². The summed E-state index contributed by atoms with van der Waals surface area (Å²) in [7, 11) is 5.69. The molecule has 0 bridgehead atoms. The Bertz CT molecular complexity index is 1270. The number of amides is 1. The van der Waals surface area contributed by atoms with Crippen LogP contribution in [0.1, 0.15) is 41.9 Å². The molecule has 0 fully saturated rings. The molecule has 2 heterocycles. The summed E-state index contributed by atoms with van der Waals surface area (Å²) in [4.78, 5) is 16.2. The van der Waals surface area contributed by atoms with Gasteiger partial charge in [0.1, 0.15) is 13.6 Å². The summed E-state index contributed by atoms with van der Waals surface area (Å²) in [5, 5.41) is 17.8. The molecule has 186 valence electrons. The van der Waals surface area contributed by atoms with Crippen LogP contribution >= 0.6 is 12.6 Å². The Labute approximate surface area is 219 Å². The lowest BCUT2D eigenvalue weighted by Gasteiger charge is -2.33. The second-order valence-electron chi connectivity index (χ2n) is 9.46. The number of hydrogen-bond acceptors (Lipinski definition) is 6. The number of aryl methyl sites for hydroxylation is 1. The zero-order valence-corrected chi connectivity index (χ0v) is 21.8. The van der Waals surface area contributed by atoms with E-state index in [1.54, 1.807) is 23.9 Å². The smallest absolute Gasteiger partial charge is 0.259 e. The quantitative estimate of drug-likeness (QED) is 0.245. The van der Waals surface area contributed by atoms with E-state index in [0.29, 0.717) is 35.8 Å². The molecule has 2 aromatic carbocycles. The van der Waals surface area contributed by atoms with Crippen LogP contribution in [0.4, 0.5) is 5.69 Å². The number of aromatic nitrogens is 2. The van der Waals surface area contributed by atoms with Crippen LogP contribution in [0.2, 0.25) is 0 Å². The predicted octanol–water partition coefficient (Wildman–Crippen LogP) is 4.13. The van der Waals surface area contributed by atoms with E-state index in [-0.39, 0.29) is 12.4 Å². The van der Waals surface area contributed by atoms with E-state index in [9.17, 15) is 9.90 Å². The highest BCUT2D eigenvalue weighted by Gasteiger charge is 2.25. The summed E-state index contributed by atoms with van der Waals surface area (Å²) in [6.45, 7) is 7.67. The van der Waals surface area contributed by atoms with Gasteiger partial charge in [-0.1, -0.05) is 12.1 Å². The number of benzene rings is 2. The Kier molecular flexibility index (Phi) is 7.93. The van der Waals surface area contributed by atoms with Gasteiger partial charge in [0, 0.05) is 54.6 Å². The van der Waals surface area contributed by atoms with Crippen LogP contribution in [0.3, 0.4) is 0 Å². The molecule has 0 unspecified atom stereocenters. The maximum Gasteiger partial charge on any atom is 0.259 e. The van der Waals surface area contributed by atoms with Gasteiger partial charge >= 0.3 is 0 Å². The first kappa shape index (κ1) is 26.1. The molecule has 0 aliphatic carbocycles. The van der Waals surface area contributed by atoms with E-state index in [1.807, 2.05) is 50.2 Å². The maximum atomic E-state index is 13.1. The topological polar surface area (TPSA) is 79.6 Å². The molecule has 7 nitrogen and oxygen atoms in total. The molecule has 0 saturated heterocycles. The van der Waals surface area contributed by atoms with Crippen LogP contribution in [0.5, 0.6) is 5.75 Å². The average Bonchev–Trinajstić information content (AvgIpc) is 3.23. The fourth-order valence-corrected chi connectivity index (χ4v) is 4.38. The fourth-order valence-electron chi connectivity index (χ4n) is 4.23. The van der Waals surface area contributed by atoms with Crippen molar-refractivity contribution in [1.82, 2.24) is 14.7 Å². The van der Waals surface area contributed by atoms with Crippen molar-refractivity contribution in [2.45, 2.75) is 44.2 Å². The van der Waals surface area contributed by atoms with E-state index in [2.05, 4.69) is 34.0 Å². The molecular formula is C27H31BN4O3S. The molecule has 0 atom stereocenters. The molecule has 0 saturated carbocycles. The molecule has 1 aromatic heterocycles. The van der Waals surface area contributed by atoms with Crippen LogP contribution in [0.25, 0.3) is 5.69 Å². The number of carbonyl (C=O) groups is 1. The standard InChI is InChI=1S/C27H31BN4O3S/c1-18-24(16-32(30-18)22-8-10-23(36)11-9-22)26(33)29-21-7-6-19(25(13-21)35-17-28)14-31-12-4-5-20(15-31)27(2,3)34/h5-11,13,16,34,36H,4,12,14-15,17H2,1-3H3,(H,29,33). The van der Waals surface area contributed by atoms with Gasteiger partial charge in [0.25, 0.3) is 5.91 Å². The molecule has 9 heteroatoms. The van der Waals surface area contributed by atoms with Crippen LogP contribution in [-0.2, 0) is 6.54 Å². The summed E-state index contributed by atoms with van der Waals surface area (Å²) in [5.41, 5.74) is 3.69. The monoisotopic (exact) mass is 502 g/mol. The zero-order chi connectivity index (χ0) is 25.9. The van der Waals surface area contributed by atoms with Gasteiger partial charge in [0.15, 0.2) is 0 Å². The number of rotatable bonds is 8. The predicted molar refractivity (Wildman–Crippen MR) is 145 cm³/mol. The van der Waals surface area contributed by atoms with Crippen molar-refractivity contribution in [3.05, 3.63) is 77.1 Å². The summed E-state index contributed by atoms with van der Waals surface area (Å²) >= 11 is 4.31. The lowest BCUT2D eigenvalue weighted by Crippen LogP contribution is -2.37. The van der Waals surface area contributed by atoms with Crippen molar-refractivity contribution in [2.24, 2.45) is 0 Å². The van der Waals surface area contributed by atoms with Crippen molar-refractivity contribution in [2.75, 3.05) is 24.9 Å². The van der Waals surface area contributed by atoms with Crippen LogP contribution in [-0.4, -0.2) is 58.7 Å². The van der Waals surface area contributed by atoms with Gasteiger partial charge in [0.05, 0.1) is 22.5 Å². The fraction of sp³-hybridized carbons (Fsp3) is 0.333. The summed E-state index contributed by atoms with van der Waals surface area (Å²) in [6, 6.07) is 13.1. The normalized spacial score (nSPS) is 14.4. The van der Waals surface area contributed by atoms with E-state index in [0.717, 1.165) is 34.7 Å². The molecule has 0 spiro atoms. The molecule has 1 amide bonds. The lowest BCUT2D eigenvalue weighted by atomic mass is 9.94. The second-order valence-corrected chi connectivity index (χ2v) is 9.98. The lowest BCUT2D eigenvalue weighted by molar-refractivity contribution is 0.102. The third-order valence-electron chi connectivity index (χ3n) is 6.23. The van der Waals surface area contributed by atoms with Gasteiger partial charge in [-0.15, -0.1) is 12.6 Å². The minimum absolute atomic E-state index is 0.0240. The van der Waals surface area contributed by atoms with Gasteiger partial charge in [-0.25, -0.2) is 4.68 Å². The second kappa shape index (κ2) is 10.9. The number of thiol groups is 1. The SMILES string of the molecule is [B]COc1cc(NC(=O)c2cn(-c3ccc(S)cc3)nc2C)ccc1CN1CCC=C(C(C)(C)O)C1. The van der Waals surface area contributed by atoms with Gasteiger partial charge in [-0.3, -0.25) is 9.69 Å². The highest BCUT2D eigenvalue weighted by atomic mass is 32.1. The van der Waals surface area contributed by atoms with Gasteiger partial charge in [-0.2, -0.15) is 5.10 Å². The van der Waals surface area contributed by atoms with Crippen molar-refractivity contribution in [3.8, 4) is 11.4 Å². The molecule has 2 N–H and O–H groups in total. The number of nitrogens with one attached hydrogen (secondary N) is 1. The summed E-state index contributed by atoms with van der Waals surface area (Å²) in [6.07, 6.45) is 4.71. The van der Waals surface area contributed by atoms with E-state index in [4.69, 9.17) is 12.6 Å². The summed E-state index contributed by atoms with van der Waals surface area (Å²) in [5.74, 6) is 0.362. The number of carbonyl (C=O) groups excluding carboxylic acids is 1. The van der Waals surface area contributed by atoms with Crippen LogP contribution < -0.4 is 10.1 Å². The Hall–Kier alpha value is -3.01. The van der Waals surface area contributed by atoms with E-state index >= 15 is 0 Å². The largest absolute Gasteiger partial charge is 0.503 e. The molecule has 2 radical (unpaired) electrons. The third kappa shape index (κ3) is 6.21. The van der Waals surface area contributed by atoms with E-state index < -0.39 is 5.60 Å². The maximum absolute atomic E-state index is 13.1. The summed E-state index contributed by atoms with van der Waals surface area (Å²) < 4.78 is 7.39. The van der Waals surface area contributed by atoms with Crippen molar-refractivity contribution < 1.29 is 14.6 Å². The highest BCUT2D eigenvalue weighted by molar-refractivity contribution is 7.80. The Morgan fingerprint density at radius 1 is 1.25 bits per heavy atom. The van der Waals surface area contributed by atoms with Crippen molar-refractivity contribution in [1.29, 1.82) is 0 Å². The van der Waals surface area contributed by atoms with Crippen LogP contribution in [0, 0.1) is 6.92 Å². The molecule has 1 aliphatic rings. The highest BCUT2D eigenvalue weighted by Crippen LogP contribution is 2.28. The molecule has 4 rings (SSSR count). The van der Waals surface area contributed by atoms with Crippen molar-refractivity contribution >= 4 is 32.1 Å². The Morgan fingerprint density at radius 3 is 2.69 bits per heavy atom. The number of ether oxygens (including phenoxy) is 1. The molecule has 1 aliphatic heterocycles. The molecule has 36 heavy (non-hydrogen) atoms. The number of aliphatic hydroxyl groups is 1. The molecular weight excluding hydrogens is 471 g/mol. The number of anilines is 1. The van der Waals surface area contributed by atoms with Gasteiger partial charge < -0.3 is 15.2 Å². The zero-order valence-electron chi connectivity index (χ0n) is 20.9. The van der Waals surface area contributed by atoms with Gasteiger partial charge in [-0.05, 0) is 63.1 Å². The minimum atomic E-state index is -0.842. The first-order valence-corrected chi connectivity index (χ1v) is 12.4.